The Morgan fingerprint density at radius 2 is 1.66 bits per heavy atom. The van der Waals surface area contributed by atoms with Gasteiger partial charge in [0, 0.05) is 12.0 Å². The predicted molar refractivity (Wildman–Crippen MR) is 112 cm³/mol. The van der Waals surface area contributed by atoms with E-state index in [2.05, 4.69) is 21.6 Å². The Morgan fingerprint density at radius 1 is 0.897 bits per heavy atom. The van der Waals surface area contributed by atoms with E-state index in [-0.39, 0.29) is 0 Å². The van der Waals surface area contributed by atoms with Crippen molar-refractivity contribution in [3.63, 3.8) is 0 Å². The molecule has 2 aliphatic heterocycles. The van der Waals surface area contributed by atoms with Crippen molar-refractivity contribution in [2.75, 3.05) is 39.3 Å². The third-order valence-corrected chi connectivity index (χ3v) is 5.96. The highest BCUT2D eigenvalue weighted by Gasteiger charge is 2.52. The van der Waals surface area contributed by atoms with Crippen molar-refractivity contribution in [3.05, 3.63) is 48.0 Å². The summed E-state index contributed by atoms with van der Waals surface area (Å²) in [4.78, 5) is 2.24. The van der Waals surface area contributed by atoms with Gasteiger partial charge in [0.25, 0.3) is 11.6 Å². The summed E-state index contributed by atoms with van der Waals surface area (Å²) in [6.45, 7) is 1.29. The molecule has 4 rings (SSSR count). The topological polar surface area (TPSA) is 54.2 Å². The quantitative estimate of drug-likeness (QED) is 0.784. The predicted octanol–water partition coefficient (Wildman–Crippen LogP) is 3.36. The van der Waals surface area contributed by atoms with Gasteiger partial charge in [-0.05, 0) is 61.7 Å². The summed E-state index contributed by atoms with van der Waals surface area (Å²) in [7, 11) is 4.91. The first kappa shape index (κ1) is 19.6. The van der Waals surface area contributed by atoms with Crippen LogP contribution in [0.4, 0.5) is 5.69 Å². The lowest BCUT2D eigenvalue weighted by atomic mass is 10.0. The van der Waals surface area contributed by atoms with E-state index >= 15 is 0 Å². The third kappa shape index (κ3) is 3.42. The fourth-order valence-corrected chi connectivity index (χ4v) is 4.40. The standard InChI is InChI=1S/C23H29N2O4/c1-27-19-11-9-18(10-12-19)24-16-23(26,25-14-6-4-5-7-22(24)25)17-8-13-20(28-2)21(15-17)29-3/h8-13,15,26H,4-7,14,16H2,1-3H3/q+1. The van der Waals surface area contributed by atoms with Crippen LogP contribution in [-0.2, 0) is 5.72 Å². The molecular weight excluding hydrogens is 368 g/mol. The molecule has 0 saturated heterocycles. The Kier molecular flexibility index (Phi) is 5.37. The van der Waals surface area contributed by atoms with Crippen LogP contribution in [-0.4, -0.2) is 49.9 Å². The molecule has 154 valence electrons. The van der Waals surface area contributed by atoms with E-state index in [9.17, 15) is 5.11 Å². The highest BCUT2D eigenvalue weighted by atomic mass is 16.5. The zero-order valence-corrected chi connectivity index (χ0v) is 17.4. The SMILES string of the molecule is COc1ccc(N2CC(O)(c3ccc(OC)c(OC)c3)[N+]3=C2CCCCC3)cc1. The Labute approximate surface area is 171 Å². The van der Waals surface area contributed by atoms with Crippen molar-refractivity contribution in [1.29, 1.82) is 0 Å². The summed E-state index contributed by atoms with van der Waals surface area (Å²) in [5, 5.41) is 11.9. The first-order valence-electron chi connectivity index (χ1n) is 10.1. The number of amidine groups is 1. The van der Waals surface area contributed by atoms with Crippen LogP contribution in [0, 0.1) is 0 Å². The number of rotatable bonds is 5. The van der Waals surface area contributed by atoms with Crippen LogP contribution < -0.4 is 19.1 Å². The number of aliphatic hydroxyl groups is 1. The molecule has 29 heavy (non-hydrogen) atoms. The van der Waals surface area contributed by atoms with Crippen molar-refractivity contribution in [1.82, 2.24) is 0 Å². The van der Waals surface area contributed by atoms with Gasteiger partial charge in [-0.1, -0.05) is 0 Å². The fraction of sp³-hybridized carbons (Fsp3) is 0.435. The molecule has 0 spiro atoms. The normalized spacial score (nSPS) is 21.6. The summed E-state index contributed by atoms with van der Waals surface area (Å²) in [5.41, 5.74) is 0.744. The molecule has 2 heterocycles. The Bertz CT molecular complexity index is 910. The van der Waals surface area contributed by atoms with Crippen LogP contribution in [0.1, 0.15) is 31.2 Å². The maximum atomic E-state index is 11.9. The second-order valence-electron chi connectivity index (χ2n) is 7.55. The van der Waals surface area contributed by atoms with Crippen molar-refractivity contribution >= 4 is 11.5 Å². The Morgan fingerprint density at radius 3 is 2.34 bits per heavy atom. The van der Waals surface area contributed by atoms with Crippen LogP contribution >= 0.6 is 0 Å². The summed E-state index contributed by atoms with van der Waals surface area (Å²) in [6, 6.07) is 13.7. The molecule has 1 unspecified atom stereocenters. The lowest BCUT2D eigenvalue weighted by Gasteiger charge is -2.24. The van der Waals surface area contributed by atoms with Gasteiger partial charge in [0.05, 0.1) is 27.9 Å². The average molecular weight is 397 g/mol. The second kappa shape index (κ2) is 7.95. The molecule has 2 aromatic rings. The molecule has 0 aromatic heterocycles. The monoisotopic (exact) mass is 397 g/mol. The minimum atomic E-state index is -1.13. The van der Waals surface area contributed by atoms with Crippen LogP contribution in [0.15, 0.2) is 42.5 Å². The molecule has 0 aliphatic carbocycles. The number of hydrogen-bond donors (Lipinski definition) is 1. The van der Waals surface area contributed by atoms with Gasteiger partial charge in [0.15, 0.2) is 18.0 Å². The molecule has 0 bridgehead atoms. The van der Waals surface area contributed by atoms with Gasteiger partial charge in [0.2, 0.25) is 0 Å². The molecular formula is C23H29N2O4+. The van der Waals surface area contributed by atoms with Crippen LogP contribution in [0.2, 0.25) is 0 Å². The number of methoxy groups -OCH3 is 3. The maximum absolute atomic E-state index is 11.9. The van der Waals surface area contributed by atoms with Crippen molar-refractivity contribution in [3.8, 4) is 17.2 Å². The van der Waals surface area contributed by atoms with Crippen molar-refractivity contribution in [2.24, 2.45) is 0 Å². The highest BCUT2D eigenvalue weighted by molar-refractivity contribution is 5.96. The lowest BCUT2D eigenvalue weighted by Crippen LogP contribution is -2.41. The van der Waals surface area contributed by atoms with E-state index in [0.29, 0.717) is 18.0 Å². The zero-order valence-electron chi connectivity index (χ0n) is 17.4. The number of nitrogens with zero attached hydrogens (tertiary/aromatic N) is 2. The molecule has 0 saturated carbocycles. The molecule has 1 atom stereocenters. The van der Waals surface area contributed by atoms with Gasteiger partial charge in [-0.25, -0.2) is 9.48 Å². The molecule has 0 radical (unpaired) electrons. The highest BCUT2D eigenvalue weighted by Crippen LogP contribution is 2.39. The third-order valence-electron chi connectivity index (χ3n) is 5.96. The van der Waals surface area contributed by atoms with E-state index < -0.39 is 5.72 Å². The molecule has 0 amide bonds. The minimum absolute atomic E-state index is 0.462. The van der Waals surface area contributed by atoms with Gasteiger partial charge in [0.1, 0.15) is 11.4 Å². The van der Waals surface area contributed by atoms with Gasteiger partial charge >= 0.3 is 0 Å². The molecule has 2 aliphatic rings. The van der Waals surface area contributed by atoms with E-state index in [1.165, 1.54) is 12.3 Å². The summed E-state index contributed by atoms with van der Waals surface area (Å²) in [5.74, 6) is 3.28. The van der Waals surface area contributed by atoms with Gasteiger partial charge < -0.3 is 19.3 Å². The fourth-order valence-electron chi connectivity index (χ4n) is 4.40. The second-order valence-corrected chi connectivity index (χ2v) is 7.55. The average Bonchev–Trinajstić information content (AvgIpc) is 2.91. The summed E-state index contributed by atoms with van der Waals surface area (Å²) in [6.07, 6.45) is 4.30. The van der Waals surface area contributed by atoms with Crippen LogP contribution in [0.3, 0.4) is 0 Å². The Hall–Kier alpha value is -2.73. The number of benzene rings is 2. The van der Waals surface area contributed by atoms with E-state index in [4.69, 9.17) is 14.2 Å². The van der Waals surface area contributed by atoms with Gasteiger partial charge in [-0.15, -0.1) is 0 Å². The van der Waals surface area contributed by atoms with E-state index in [0.717, 1.165) is 42.8 Å². The summed E-state index contributed by atoms with van der Waals surface area (Å²) < 4.78 is 18.3. The Balaban J connectivity index is 1.78. The largest absolute Gasteiger partial charge is 0.497 e. The molecule has 2 aromatic carbocycles. The van der Waals surface area contributed by atoms with Gasteiger partial charge in [-0.3, -0.25) is 0 Å². The van der Waals surface area contributed by atoms with Crippen LogP contribution in [0.5, 0.6) is 17.2 Å². The maximum Gasteiger partial charge on any atom is 0.271 e. The molecule has 0 fully saturated rings. The van der Waals surface area contributed by atoms with E-state index in [1.807, 2.05) is 30.3 Å². The van der Waals surface area contributed by atoms with E-state index in [1.54, 1.807) is 21.3 Å². The summed E-state index contributed by atoms with van der Waals surface area (Å²) >= 11 is 0. The van der Waals surface area contributed by atoms with Crippen LogP contribution in [0.25, 0.3) is 0 Å². The molecule has 1 N–H and O–H groups in total. The lowest BCUT2D eigenvalue weighted by molar-refractivity contribution is -0.658. The zero-order chi connectivity index (χ0) is 20.4. The number of ether oxygens (including phenoxy) is 3. The number of hydrogen-bond acceptors (Lipinski definition) is 5. The number of β-amino-alcohol motifs (C(OH)–C–C–N with tert-alkyl or cyclic N) is 1. The van der Waals surface area contributed by atoms with Crippen molar-refractivity contribution < 1.29 is 23.9 Å². The number of anilines is 1. The van der Waals surface area contributed by atoms with Crippen molar-refractivity contribution in [2.45, 2.75) is 31.4 Å². The first-order valence-corrected chi connectivity index (χ1v) is 10.1. The smallest absolute Gasteiger partial charge is 0.271 e. The molecule has 6 heteroatoms. The van der Waals surface area contributed by atoms with Gasteiger partial charge in [-0.2, -0.15) is 0 Å². The molecule has 6 nitrogen and oxygen atoms in total. The first-order chi connectivity index (χ1) is 14.1. The minimum Gasteiger partial charge on any atom is -0.497 e.